The smallest absolute Gasteiger partial charge is 0.126 e. The molecule has 2 aromatic heterocycles. The summed E-state index contributed by atoms with van der Waals surface area (Å²) < 4.78 is 5.44. The van der Waals surface area contributed by atoms with E-state index in [1.807, 2.05) is 12.4 Å². The lowest BCUT2D eigenvalue weighted by atomic mass is 9.95. The maximum absolute atomic E-state index is 6.47. The molecule has 0 atom stereocenters. The molecule has 0 bridgehead atoms. The Kier molecular flexibility index (Phi) is 6.65. The van der Waals surface area contributed by atoms with Gasteiger partial charge in [-0.15, -0.1) is 0 Å². The van der Waals surface area contributed by atoms with Crippen LogP contribution in [0.2, 0.25) is 5.02 Å². The molecule has 5 nitrogen and oxygen atoms in total. The summed E-state index contributed by atoms with van der Waals surface area (Å²) in [6, 6.07) is 4.69. The fourth-order valence-corrected chi connectivity index (χ4v) is 4.30. The van der Waals surface area contributed by atoms with Crippen LogP contribution in [-0.2, 0) is 4.74 Å². The van der Waals surface area contributed by atoms with E-state index in [0.717, 1.165) is 55.2 Å². The number of aromatic nitrogens is 2. The summed E-state index contributed by atoms with van der Waals surface area (Å²) in [4.78, 5) is 8.91. The van der Waals surface area contributed by atoms with Gasteiger partial charge >= 0.3 is 0 Å². The number of ether oxygens (including phenoxy) is 1. The van der Waals surface area contributed by atoms with E-state index in [1.54, 1.807) is 6.20 Å². The van der Waals surface area contributed by atoms with Gasteiger partial charge in [0.15, 0.2) is 0 Å². The number of hydrogen-bond donors (Lipinski definition) is 2. The summed E-state index contributed by atoms with van der Waals surface area (Å²) in [5.41, 5.74) is 3.01. The Balaban J connectivity index is 1.45. The maximum Gasteiger partial charge on any atom is 0.126 e. The van der Waals surface area contributed by atoms with E-state index in [0.29, 0.717) is 17.0 Å². The molecule has 4 rings (SSSR count). The van der Waals surface area contributed by atoms with Crippen LogP contribution in [0.1, 0.15) is 44.9 Å². The molecular weight excluding hydrogens is 372 g/mol. The van der Waals surface area contributed by atoms with Crippen LogP contribution in [0.5, 0.6) is 0 Å². The van der Waals surface area contributed by atoms with Gasteiger partial charge in [-0.25, -0.2) is 4.98 Å². The van der Waals surface area contributed by atoms with Gasteiger partial charge in [0, 0.05) is 55.5 Å². The second-order valence-electron chi connectivity index (χ2n) is 7.93. The molecule has 0 aromatic carbocycles. The Bertz CT molecular complexity index is 773. The van der Waals surface area contributed by atoms with E-state index in [1.165, 1.54) is 32.1 Å². The van der Waals surface area contributed by atoms with Crippen LogP contribution in [0.4, 0.5) is 11.5 Å². The minimum Gasteiger partial charge on any atom is -0.384 e. The molecule has 0 amide bonds. The zero-order chi connectivity index (χ0) is 19.2. The first-order chi connectivity index (χ1) is 13.8. The van der Waals surface area contributed by atoms with Crippen molar-refractivity contribution in [2.24, 2.45) is 5.92 Å². The van der Waals surface area contributed by atoms with Crippen LogP contribution in [0.15, 0.2) is 30.7 Å². The van der Waals surface area contributed by atoms with Gasteiger partial charge in [0.05, 0.1) is 10.7 Å². The zero-order valence-corrected chi connectivity index (χ0v) is 17.0. The second-order valence-corrected chi connectivity index (χ2v) is 8.33. The molecule has 1 aliphatic carbocycles. The molecule has 1 aliphatic heterocycles. The summed E-state index contributed by atoms with van der Waals surface area (Å²) in [5, 5.41) is 7.77. The van der Waals surface area contributed by atoms with E-state index < -0.39 is 0 Å². The summed E-state index contributed by atoms with van der Waals surface area (Å²) in [6.07, 6.45) is 14.1. The lowest BCUT2D eigenvalue weighted by molar-refractivity contribution is 0.0699. The number of anilines is 2. The summed E-state index contributed by atoms with van der Waals surface area (Å²) in [6.45, 7) is 2.69. The molecule has 2 aliphatic rings. The van der Waals surface area contributed by atoms with Crippen molar-refractivity contribution in [3.8, 4) is 11.1 Å². The third kappa shape index (κ3) is 5.15. The molecule has 6 heteroatoms. The Hall–Kier alpha value is -1.85. The van der Waals surface area contributed by atoms with E-state index in [4.69, 9.17) is 16.3 Å². The predicted molar refractivity (Wildman–Crippen MR) is 115 cm³/mol. The molecule has 0 unspecified atom stereocenters. The molecule has 3 heterocycles. The molecule has 2 aromatic rings. The molecule has 2 fully saturated rings. The van der Waals surface area contributed by atoms with E-state index in [9.17, 15) is 0 Å². The first-order valence-corrected chi connectivity index (χ1v) is 10.8. The van der Waals surface area contributed by atoms with Crippen molar-refractivity contribution < 1.29 is 4.74 Å². The van der Waals surface area contributed by atoms with Gasteiger partial charge in [0.25, 0.3) is 0 Å². The Morgan fingerprint density at radius 2 is 1.82 bits per heavy atom. The Morgan fingerprint density at radius 1 is 1.00 bits per heavy atom. The first-order valence-electron chi connectivity index (χ1n) is 10.5. The average molecular weight is 401 g/mol. The highest BCUT2D eigenvalue weighted by atomic mass is 35.5. The van der Waals surface area contributed by atoms with Crippen LogP contribution >= 0.6 is 11.6 Å². The van der Waals surface area contributed by atoms with Crippen molar-refractivity contribution in [3.63, 3.8) is 0 Å². The maximum atomic E-state index is 6.47. The van der Waals surface area contributed by atoms with Crippen LogP contribution in [0, 0.1) is 5.92 Å². The van der Waals surface area contributed by atoms with Gasteiger partial charge in [-0.3, -0.25) is 4.98 Å². The van der Waals surface area contributed by atoms with Crippen molar-refractivity contribution in [1.29, 1.82) is 0 Å². The average Bonchev–Trinajstić information content (AvgIpc) is 2.75. The highest BCUT2D eigenvalue weighted by Crippen LogP contribution is 2.31. The topological polar surface area (TPSA) is 59.1 Å². The number of hydrogen-bond acceptors (Lipinski definition) is 5. The number of nitrogens with one attached hydrogen (secondary N) is 2. The minimum atomic E-state index is 0.515. The summed E-state index contributed by atoms with van der Waals surface area (Å²) in [5.74, 6) is 1.56. The Morgan fingerprint density at radius 3 is 2.64 bits per heavy atom. The van der Waals surface area contributed by atoms with Gasteiger partial charge in [-0.1, -0.05) is 30.9 Å². The van der Waals surface area contributed by atoms with Gasteiger partial charge in [0.2, 0.25) is 0 Å². The number of rotatable bonds is 6. The first kappa shape index (κ1) is 19.5. The molecule has 0 spiro atoms. The van der Waals surface area contributed by atoms with Gasteiger partial charge in [0.1, 0.15) is 5.82 Å². The molecule has 150 valence electrons. The SMILES string of the molecule is Clc1cnc(NC2CCCCC2)cc1-c1cncc(NCC2CCOCC2)c1. The third-order valence-corrected chi connectivity index (χ3v) is 6.10. The van der Waals surface area contributed by atoms with E-state index in [-0.39, 0.29) is 0 Å². The highest BCUT2D eigenvalue weighted by molar-refractivity contribution is 6.33. The van der Waals surface area contributed by atoms with Crippen molar-refractivity contribution in [2.75, 3.05) is 30.4 Å². The second kappa shape index (κ2) is 9.57. The summed E-state index contributed by atoms with van der Waals surface area (Å²) in [7, 11) is 0. The van der Waals surface area contributed by atoms with Crippen molar-refractivity contribution in [3.05, 3.63) is 35.7 Å². The Labute approximate surface area is 172 Å². The highest BCUT2D eigenvalue weighted by Gasteiger charge is 2.16. The lowest BCUT2D eigenvalue weighted by Gasteiger charge is -2.23. The minimum absolute atomic E-state index is 0.515. The van der Waals surface area contributed by atoms with Crippen LogP contribution in [0.25, 0.3) is 11.1 Å². The monoisotopic (exact) mass is 400 g/mol. The zero-order valence-electron chi connectivity index (χ0n) is 16.3. The molecule has 2 N–H and O–H groups in total. The standard InChI is InChI=1S/C22H29ClN4O/c23-21-15-26-22(27-18-4-2-1-3-5-18)11-20(21)17-10-19(14-24-13-17)25-12-16-6-8-28-9-7-16/h10-11,13-16,18,25H,1-9,12H2,(H,26,27). The van der Waals surface area contributed by atoms with Crippen LogP contribution in [-0.4, -0.2) is 35.8 Å². The number of pyridine rings is 2. The normalized spacial score (nSPS) is 18.8. The van der Waals surface area contributed by atoms with E-state index >= 15 is 0 Å². The molecular formula is C22H29ClN4O. The third-order valence-electron chi connectivity index (χ3n) is 5.80. The molecule has 1 saturated carbocycles. The summed E-state index contributed by atoms with van der Waals surface area (Å²) >= 11 is 6.47. The van der Waals surface area contributed by atoms with Crippen LogP contribution in [0.3, 0.4) is 0 Å². The number of nitrogens with zero attached hydrogens (tertiary/aromatic N) is 2. The molecule has 1 saturated heterocycles. The lowest BCUT2D eigenvalue weighted by Crippen LogP contribution is -2.22. The fraction of sp³-hybridized carbons (Fsp3) is 0.545. The van der Waals surface area contributed by atoms with Gasteiger partial charge in [-0.05, 0) is 43.7 Å². The van der Waals surface area contributed by atoms with Crippen molar-refractivity contribution in [2.45, 2.75) is 51.0 Å². The van der Waals surface area contributed by atoms with Gasteiger partial charge in [-0.2, -0.15) is 0 Å². The van der Waals surface area contributed by atoms with E-state index in [2.05, 4.69) is 32.7 Å². The quantitative estimate of drug-likeness (QED) is 0.681. The van der Waals surface area contributed by atoms with Gasteiger partial charge < -0.3 is 15.4 Å². The largest absolute Gasteiger partial charge is 0.384 e. The fourth-order valence-electron chi connectivity index (χ4n) is 4.09. The number of halogens is 1. The molecule has 28 heavy (non-hydrogen) atoms. The predicted octanol–water partition coefficient (Wildman–Crippen LogP) is 5.38. The molecule has 0 radical (unpaired) electrons. The van der Waals surface area contributed by atoms with Crippen molar-refractivity contribution in [1.82, 2.24) is 9.97 Å². The van der Waals surface area contributed by atoms with Crippen molar-refractivity contribution >= 4 is 23.1 Å². The van der Waals surface area contributed by atoms with Crippen LogP contribution < -0.4 is 10.6 Å².